The quantitative estimate of drug-likeness (QED) is 0.595. The van der Waals surface area contributed by atoms with Crippen LogP contribution in [0.5, 0.6) is 5.75 Å². The Labute approximate surface area is 66.0 Å². The number of fused-ring (bicyclic) bond motifs is 1. The minimum absolute atomic E-state index is 0.115. The zero-order valence-corrected chi connectivity index (χ0v) is 6.13. The standard InChI is InChI=1S/C9H9NO/c10-8-5-6-11-9-4-2-1-3-7(8)9/h1,3,8H,5-6,10H2. The maximum Gasteiger partial charge on any atom is 0.175 e. The molecule has 1 aliphatic heterocycles. The van der Waals surface area contributed by atoms with Gasteiger partial charge in [-0.15, -0.1) is 0 Å². The van der Waals surface area contributed by atoms with Crippen LogP contribution in [0.4, 0.5) is 0 Å². The molecule has 1 aliphatic rings. The van der Waals surface area contributed by atoms with Crippen molar-refractivity contribution in [1.29, 1.82) is 0 Å². The van der Waals surface area contributed by atoms with Crippen molar-refractivity contribution in [2.45, 2.75) is 12.5 Å². The second-order valence-electron chi connectivity index (χ2n) is 2.63. The fourth-order valence-electron chi connectivity index (χ4n) is 1.24. The maximum absolute atomic E-state index is 5.83. The minimum atomic E-state index is 0.115. The minimum Gasteiger partial charge on any atom is -0.485 e. The van der Waals surface area contributed by atoms with E-state index in [1.807, 2.05) is 12.1 Å². The summed E-state index contributed by atoms with van der Waals surface area (Å²) in [6, 6.07) is 9.60. The molecule has 0 saturated heterocycles. The summed E-state index contributed by atoms with van der Waals surface area (Å²) in [6.07, 6.45) is 0.894. The Bertz CT molecular complexity index is 259. The summed E-state index contributed by atoms with van der Waals surface area (Å²) in [5.41, 5.74) is 6.88. The van der Waals surface area contributed by atoms with E-state index in [4.69, 9.17) is 10.5 Å². The van der Waals surface area contributed by atoms with Crippen LogP contribution in [-0.2, 0) is 0 Å². The van der Waals surface area contributed by atoms with Crippen LogP contribution in [-0.4, -0.2) is 6.61 Å². The zero-order valence-electron chi connectivity index (χ0n) is 6.13. The second-order valence-corrected chi connectivity index (χ2v) is 2.63. The largest absolute Gasteiger partial charge is 0.485 e. The van der Waals surface area contributed by atoms with E-state index in [0.717, 1.165) is 17.7 Å². The Balaban J connectivity index is 2.44. The number of nitrogens with two attached hydrogens (primary N) is 1. The summed E-state index contributed by atoms with van der Waals surface area (Å²) in [7, 11) is 0. The SMILES string of the molecule is NC1CCOc2c#cccc21. The second kappa shape index (κ2) is 2.44. The van der Waals surface area contributed by atoms with E-state index in [0.29, 0.717) is 6.61 Å². The third-order valence-electron chi connectivity index (χ3n) is 1.87. The highest BCUT2D eigenvalue weighted by Crippen LogP contribution is 2.27. The molecule has 2 rings (SSSR count). The zero-order chi connectivity index (χ0) is 7.68. The molecule has 0 aliphatic carbocycles. The molecule has 0 saturated carbocycles. The van der Waals surface area contributed by atoms with Gasteiger partial charge in [0.15, 0.2) is 5.75 Å². The third kappa shape index (κ3) is 1.04. The van der Waals surface area contributed by atoms with Gasteiger partial charge in [-0.05, 0) is 18.2 Å². The molecule has 2 N–H and O–H groups in total. The highest BCUT2D eigenvalue weighted by Gasteiger charge is 2.16. The van der Waals surface area contributed by atoms with Gasteiger partial charge in [0.2, 0.25) is 0 Å². The predicted octanol–water partition coefficient (Wildman–Crippen LogP) is 1.07. The van der Waals surface area contributed by atoms with Gasteiger partial charge in [-0.1, -0.05) is 6.07 Å². The molecule has 2 nitrogen and oxygen atoms in total. The van der Waals surface area contributed by atoms with E-state index in [-0.39, 0.29) is 6.04 Å². The molecule has 0 fully saturated rings. The van der Waals surface area contributed by atoms with E-state index in [2.05, 4.69) is 12.1 Å². The van der Waals surface area contributed by atoms with Crippen molar-refractivity contribution in [2.24, 2.45) is 5.73 Å². The van der Waals surface area contributed by atoms with Crippen molar-refractivity contribution in [2.75, 3.05) is 6.61 Å². The van der Waals surface area contributed by atoms with Gasteiger partial charge in [0.1, 0.15) is 0 Å². The lowest BCUT2D eigenvalue weighted by Crippen LogP contribution is -2.19. The number of hydrogen-bond donors (Lipinski definition) is 1. The van der Waals surface area contributed by atoms with Crippen LogP contribution in [0.3, 0.4) is 0 Å². The van der Waals surface area contributed by atoms with Gasteiger partial charge >= 0.3 is 0 Å². The fourth-order valence-corrected chi connectivity index (χ4v) is 1.24. The van der Waals surface area contributed by atoms with Crippen molar-refractivity contribution >= 4 is 0 Å². The molecular weight excluding hydrogens is 138 g/mol. The average Bonchev–Trinajstić information content (AvgIpc) is 2.06. The summed E-state index contributed by atoms with van der Waals surface area (Å²) in [4.78, 5) is 0. The Hall–Kier alpha value is -1.20. The van der Waals surface area contributed by atoms with Crippen LogP contribution < -0.4 is 10.5 Å². The van der Waals surface area contributed by atoms with Crippen LogP contribution in [0, 0.1) is 12.1 Å². The lowest BCUT2D eigenvalue weighted by atomic mass is 10.0. The molecule has 0 aromatic heterocycles. The van der Waals surface area contributed by atoms with Gasteiger partial charge in [-0.3, -0.25) is 0 Å². The van der Waals surface area contributed by atoms with Crippen LogP contribution in [0.15, 0.2) is 12.1 Å². The maximum atomic E-state index is 5.83. The normalized spacial score (nSPS) is 21.4. The molecule has 1 aromatic carbocycles. The molecule has 1 unspecified atom stereocenters. The summed E-state index contributed by atoms with van der Waals surface area (Å²) in [5.74, 6) is 0.770. The first-order valence-electron chi connectivity index (χ1n) is 3.68. The molecular formula is C9H9NO. The molecule has 0 radical (unpaired) electrons. The smallest absolute Gasteiger partial charge is 0.175 e. The van der Waals surface area contributed by atoms with Crippen LogP contribution in [0.1, 0.15) is 18.0 Å². The molecule has 11 heavy (non-hydrogen) atoms. The molecule has 1 heterocycles. The van der Waals surface area contributed by atoms with Crippen molar-refractivity contribution in [1.82, 2.24) is 0 Å². The van der Waals surface area contributed by atoms with E-state index in [1.165, 1.54) is 0 Å². The van der Waals surface area contributed by atoms with E-state index >= 15 is 0 Å². The lowest BCUT2D eigenvalue weighted by molar-refractivity contribution is 0.269. The lowest BCUT2D eigenvalue weighted by Gasteiger charge is -2.20. The fraction of sp³-hybridized carbons (Fsp3) is 0.333. The van der Waals surface area contributed by atoms with Gasteiger partial charge in [-0.25, -0.2) is 0 Å². The highest BCUT2D eigenvalue weighted by atomic mass is 16.5. The van der Waals surface area contributed by atoms with Crippen molar-refractivity contribution in [3.63, 3.8) is 0 Å². The average molecular weight is 147 g/mol. The Kier molecular flexibility index (Phi) is 1.45. The van der Waals surface area contributed by atoms with E-state index in [9.17, 15) is 0 Å². The van der Waals surface area contributed by atoms with Gasteiger partial charge in [0.25, 0.3) is 0 Å². The topological polar surface area (TPSA) is 35.2 Å². The Morgan fingerprint density at radius 1 is 1.64 bits per heavy atom. The first-order valence-corrected chi connectivity index (χ1v) is 3.68. The highest BCUT2D eigenvalue weighted by molar-refractivity contribution is 5.33. The Morgan fingerprint density at radius 3 is 3.36 bits per heavy atom. The molecule has 2 heteroatoms. The summed E-state index contributed by atoms with van der Waals surface area (Å²) in [6.45, 7) is 0.697. The molecule has 0 bridgehead atoms. The molecule has 0 spiro atoms. The van der Waals surface area contributed by atoms with Crippen LogP contribution >= 0.6 is 0 Å². The van der Waals surface area contributed by atoms with E-state index < -0.39 is 0 Å². The summed E-state index contributed by atoms with van der Waals surface area (Å²) >= 11 is 0. The van der Waals surface area contributed by atoms with Gasteiger partial charge < -0.3 is 10.5 Å². The number of ether oxygens (including phenoxy) is 1. The van der Waals surface area contributed by atoms with Gasteiger partial charge in [-0.2, -0.15) is 0 Å². The number of hydrogen-bond acceptors (Lipinski definition) is 2. The number of rotatable bonds is 0. The molecule has 0 amide bonds. The molecule has 56 valence electrons. The predicted molar refractivity (Wildman–Crippen MR) is 41.2 cm³/mol. The summed E-state index contributed by atoms with van der Waals surface area (Å²) < 4.78 is 5.33. The summed E-state index contributed by atoms with van der Waals surface area (Å²) in [5, 5.41) is 0. The van der Waals surface area contributed by atoms with Crippen molar-refractivity contribution in [3.8, 4) is 5.75 Å². The van der Waals surface area contributed by atoms with Crippen molar-refractivity contribution in [3.05, 3.63) is 29.8 Å². The van der Waals surface area contributed by atoms with Crippen LogP contribution in [0.2, 0.25) is 0 Å². The molecule has 1 atom stereocenters. The van der Waals surface area contributed by atoms with Crippen LogP contribution in [0.25, 0.3) is 0 Å². The Morgan fingerprint density at radius 2 is 2.55 bits per heavy atom. The van der Waals surface area contributed by atoms with Gasteiger partial charge in [0.05, 0.1) is 6.61 Å². The molecule has 1 aromatic rings. The van der Waals surface area contributed by atoms with Crippen molar-refractivity contribution < 1.29 is 4.74 Å². The first-order chi connectivity index (χ1) is 5.38. The van der Waals surface area contributed by atoms with Gasteiger partial charge in [0, 0.05) is 18.0 Å². The first kappa shape index (κ1) is 6.51. The monoisotopic (exact) mass is 147 g/mol. The van der Waals surface area contributed by atoms with E-state index in [1.54, 1.807) is 0 Å². The third-order valence-corrected chi connectivity index (χ3v) is 1.87.